The Labute approximate surface area is 256 Å². The summed E-state index contributed by atoms with van der Waals surface area (Å²) in [7, 11) is 1.59. The highest BCUT2D eigenvalue weighted by Gasteiger charge is 2.36. The maximum absolute atomic E-state index is 14.4. The standard InChI is InChI=1S/C33H49N3O5S/c1-9-10-11-12-18-36(31(38)28(17-19-42-8)35-32(39)41-33(4,5)6)29(25-21-23(2)20-24(3)22-25)30(37)34-26-13-15-27(40-7)16-14-26/h13-16,20-22,28-29H,9-12,17-19H2,1-8H3,(H,34,37)(H,35,39). The number of carbonyl (C=O) groups excluding carboxylic acids is 3. The Morgan fingerprint density at radius 1 is 0.976 bits per heavy atom. The van der Waals surface area contributed by atoms with Gasteiger partial charge in [0.05, 0.1) is 7.11 Å². The third-order valence-electron chi connectivity index (χ3n) is 6.61. The van der Waals surface area contributed by atoms with Gasteiger partial charge in [-0.05, 0) is 89.3 Å². The van der Waals surface area contributed by atoms with Gasteiger partial charge in [-0.2, -0.15) is 11.8 Å². The topological polar surface area (TPSA) is 97.0 Å². The number of aryl methyl sites for hydroxylation is 2. The molecule has 0 aliphatic rings. The Balaban J connectivity index is 2.56. The lowest BCUT2D eigenvalue weighted by molar-refractivity contribution is -0.141. The average Bonchev–Trinajstić information content (AvgIpc) is 2.91. The molecule has 0 fully saturated rings. The number of rotatable bonds is 15. The molecule has 42 heavy (non-hydrogen) atoms. The number of hydrogen-bond acceptors (Lipinski definition) is 6. The van der Waals surface area contributed by atoms with Gasteiger partial charge in [0.1, 0.15) is 23.4 Å². The van der Waals surface area contributed by atoms with Gasteiger partial charge in [-0.15, -0.1) is 0 Å². The SMILES string of the molecule is CCCCCCN(C(=O)C(CCSC)NC(=O)OC(C)(C)C)C(C(=O)Nc1ccc(OC)cc1)c1cc(C)cc(C)c1. The van der Waals surface area contributed by atoms with Crippen molar-refractivity contribution >= 4 is 35.4 Å². The normalized spacial score (nSPS) is 12.7. The number of anilines is 1. The summed E-state index contributed by atoms with van der Waals surface area (Å²) in [5.74, 6) is 0.703. The van der Waals surface area contributed by atoms with Crippen molar-refractivity contribution in [1.82, 2.24) is 10.2 Å². The molecule has 0 bridgehead atoms. The zero-order chi connectivity index (χ0) is 31.3. The lowest BCUT2D eigenvalue weighted by Gasteiger charge is -2.35. The van der Waals surface area contributed by atoms with Gasteiger partial charge in [0, 0.05) is 12.2 Å². The van der Waals surface area contributed by atoms with Crippen molar-refractivity contribution in [2.75, 3.05) is 31.0 Å². The first kappa shape index (κ1) is 35.0. The number of benzene rings is 2. The first-order chi connectivity index (χ1) is 19.9. The van der Waals surface area contributed by atoms with Crippen molar-refractivity contribution in [1.29, 1.82) is 0 Å². The molecule has 0 spiro atoms. The maximum Gasteiger partial charge on any atom is 0.408 e. The number of nitrogens with one attached hydrogen (secondary N) is 2. The van der Waals surface area contributed by atoms with E-state index in [0.29, 0.717) is 30.2 Å². The van der Waals surface area contributed by atoms with Crippen LogP contribution >= 0.6 is 11.8 Å². The maximum atomic E-state index is 14.4. The van der Waals surface area contributed by atoms with Crippen LogP contribution in [0.2, 0.25) is 0 Å². The molecule has 2 rings (SSSR count). The Morgan fingerprint density at radius 2 is 1.62 bits per heavy atom. The Kier molecular flexibility index (Phi) is 14.2. The predicted octanol–water partition coefficient (Wildman–Crippen LogP) is 7.05. The van der Waals surface area contributed by atoms with E-state index < -0.39 is 23.8 Å². The van der Waals surface area contributed by atoms with Crippen LogP contribution in [0.15, 0.2) is 42.5 Å². The summed E-state index contributed by atoms with van der Waals surface area (Å²) in [6, 6.07) is 11.3. The van der Waals surface area contributed by atoms with E-state index in [1.807, 2.05) is 38.3 Å². The van der Waals surface area contributed by atoms with E-state index >= 15 is 0 Å². The summed E-state index contributed by atoms with van der Waals surface area (Å²) in [6.07, 6.45) is 5.44. The molecule has 2 aromatic rings. The van der Waals surface area contributed by atoms with Crippen LogP contribution in [0.5, 0.6) is 5.75 Å². The molecule has 2 unspecified atom stereocenters. The quantitative estimate of drug-likeness (QED) is 0.213. The molecule has 2 atom stereocenters. The molecule has 0 aromatic heterocycles. The van der Waals surface area contributed by atoms with E-state index in [4.69, 9.17) is 9.47 Å². The van der Waals surface area contributed by atoms with Gasteiger partial charge < -0.3 is 25.0 Å². The molecular weight excluding hydrogens is 550 g/mol. The fourth-order valence-corrected chi connectivity index (χ4v) is 5.22. The van der Waals surface area contributed by atoms with Gasteiger partial charge in [0.2, 0.25) is 5.91 Å². The van der Waals surface area contributed by atoms with Crippen molar-refractivity contribution in [3.05, 3.63) is 59.2 Å². The van der Waals surface area contributed by atoms with Gasteiger partial charge in [-0.3, -0.25) is 9.59 Å². The second kappa shape index (κ2) is 17.0. The molecule has 9 heteroatoms. The zero-order valence-corrected chi connectivity index (χ0v) is 27.4. The van der Waals surface area contributed by atoms with Crippen molar-refractivity contribution in [2.45, 2.75) is 91.3 Å². The number of hydrogen-bond donors (Lipinski definition) is 2. The van der Waals surface area contributed by atoms with Crippen LogP contribution in [-0.4, -0.2) is 60.1 Å². The Bertz CT molecular complexity index is 1140. The zero-order valence-electron chi connectivity index (χ0n) is 26.5. The summed E-state index contributed by atoms with van der Waals surface area (Å²) in [5, 5.41) is 5.83. The molecule has 0 saturated heterocycles. The smallest absolute Gasteiger partial charge is 0.408 e. The predicted molar refractivity (Wildman–Crippen MR) is 172 cm³/mol. The minimum absolute atomic E-state index is 0.305. The molecule has 3 amide bonds. The molecule has 232 valence electrons. The summed E-state index contributed by atoms with van der Waals surface area (Å²) in [6.45, 7) is 11.8. The van der Waals surface area contributed by atoms with Crippen LogP contribution in [0, 0.1) is 13.8 Å². The minimum atomic E-state index is -0.906. The van der Waals surface area contributed by atoms with E-state index in [9.17, 15) is 14.4 Å². The summed E-state index contributed by atoms with van der Waals surface area (Å²) in [5.41, 5.74) is 2.60. The second-order valence-electron chi connectivity index (χ2n) is 11.6. The molecule has 2 aromatic carbocycles. The summed E-state index contributed by atoms with van der Waals surface area (Å²) in [4.78, 5) is 43.0. The summed E-state index contributed by atoms with van der Waals surface area (Å²) >= 11 is 1.59. The van der Waals surface area contributed by atoms with Crippen molar-refractivity contribution in [3.63, 3.8) is 0 Å². The third-order valence-corrected chi connectivity index (χ3v) is 7.26. The molecule has 0 radical (unpaired) electrons. The van der Waals surface area contributed by atoms with Crippen LogP contribution in [0.3, 0.4) is 0 Å². The highest BCUT2D eigenvalue weighted by Crippen LogP contribution is 2.28. The number of methoxy groups -OCH3 is 1. The molecule has 8 nitrogen and oxygen atoms in total. The van der Waals surface area contributed by atoms with Gasteiger partial charge in [-0.25, -0.2) is 4.79 Å². The van der Waals surface area contributed by atoms with E-state index in [0.717, 1.165) is 42.4 Å². The highest BCUT2D eigenvalue weighted by molar-refractivity contribution is 7.98. The van der Waals surface area contributed by atoms with E-state index in [1.54, 1.807) is 68.8 Å². The van der Waals surface area contributed by atoms with Crippen molar-refractivity contribution in [3.8, 4) is 5.75 Å². The number of nitrogens with zero attached hydrogens (tertiary/aromatic N) is 1. The molecule has 0 heterocycles. The van der Waals surface area contributed by atoms with Crippen molar-refractivity contribution < 1.29 is 23.9 Å². The van der Waals surface area contributed by atoms with Crippen LogP contribution in [0.25, 0.3) is 0 Å². The first-order valence-electron chi connectivity index (χ1n) is 14.7. The number of ether oxygens (including phenoxy) is 2. The Morgan fingerprint density at radius 3 is 2.17 bits per heavy atom. The summed E-state index contributed by atoms with van der Waals surface area (Å²) < 4.78 is 10.8. The minimum Gasteiger partial charge on any atom is -0.497 e. The van der Waals surface area contributed by atoms with Crippen LogP contribution in [-0.2, 0) is 14.3 Å². The third kappa shape index (κ3) is 11.6. The fourth-order valence-electron chi connectivity index (χ4n) is 4.74. The van der Waals surface area contributed by atoms with E-state index in [2.05, 4.69) is 17.6 Å². The number of unbranched alkanes of at least 4 members (excludes halogenated alkanes) is 3. The second-order valence-corrected chi connectivity index (χ2v) is 12.6. The fraction of sp³-hybridized carbons (Fsp3) is 0.545. The van der Waals surface area contributed by atoms with Gasteiger partial charge in [0.25, 0.3) is 5.91 Å². The van der Waals surface area contributed by atoms with E-state index in [-0.39, 0.29) is 11.8 Å². The van der Waals surface area contributed by atoms with Crippen LogP contribution in [0.1, 0.15) is 82.5 Å². The highest BCUT2D eigenvalue weighted by atomic mass is 32.2. The largest absolute Gasteiger partial charge is 0.497 e. The van der Waals surface area contributed by atoms with Gasteiger partial charge in [0.15, 0.2) is 0 Å². The van der Waals surface area contributed by atoms with Crippen LogP contribution < -0.4 is 15.4 Å². The molecule has 0 aliphatic heterocycles. The number of thioether (sulfide) groups is 1. The van der Waals surface area contributed by atoms with Gasteiger partial charge >= 0.3 is 6.09 Å². The first-order valence-corrected chi connectivity index (χ1v) is 16.1. The van der Waals surface area contributed by atoms with Crippen LogP contribution in [0.4, 0.5) is 10.5 Å². The lowest BCUT2D eigenvalue weighted by atomic mass is 9.97. The molecule has 2 N–H and O–H groups in total. The number of alkyl carbamates (subject to hydrolysis) is 1. The number of amides is 3. The lowest BCUT2D eigenvalue weighted by Crippen LogP contribution is -2.52. The van der Waals surface area contributed by atoms with Crippen molar-refractivity contribution in [2.24, 2.45) is 0 Å². The van der Waals surface area contributed by atoms with Gasteiger partial charge in [-0.1, -0.05) is 55.5 Å². The number of carbonyl (C=O) groups is 3. The Hall–Kier alpha value is -3.20. The average molecular weight is 600 g/mol. The molecule has 0 saturated carbocycles. The van der Waals surface area contributed by atoms with E-state index in [1.165, 1.54) is 0 Å². The monoisotopic (exact) mass is 599 g/mol. The molecule has 0 aliphatic carbocycles. The molecular formula is C33H49N3O5S.